The lowest BCUT2D eigenvalue weighted by Gasteiger charge is -2.05. The molecule has 0 radical (unpaired) electrons. The van der Waals surface area contributed by atoms with Gasteiger partial charge in [0.2, 0.25) is 5.95 Å². The van der Waals surface area contributed by atoms with Crippen molar-refractivity contribution >= 4 is 33.4 Å². The maximum atomic E-state index is 11.6. The van der Waals surface area contributed by atoms with Gasteiger partial charge in [0.25, 0.3) is 5.91 Å². The van der Waals surface area contributed by atoms with Crippen molar-refractivity contribution in [2.45, 2.75) is 6.92 Å². The second-order valence-corrected chi connectivity index (χ2v) is 5.66. The van der Waals surface area contributed by atoms with E-state index in [1.54, 1.807) is 42.4 Å². The van der Waals surface area contributed by atoms with Crippen LogP contribution in [0.3, 0.4) is 0 Å². The molecule has 0 bridgehead atoms. The van der Waals surface area contributed by atoms with Crippen molar-refractivity contribution in [1.29, 1.82) is 0 Å². The standard InChI is InChI=1S/C13H14N6OS/c1-7-6-8-10(16-13(15-3)17-12(8)21-7)19-5-4-9(18-19)11(20)14-2/h4-6H,1-3H3,(H,14,20)(H,15,16,17). The van der Waals surface area contributed by atoms with E-state index in [1.165, 1.54) is 0 Å². The molecule has 8 heteroatoms. The fourth-order valence-electron chi connectivity index (χ4n) is 2.00. The Kier molecular flexibility index (Phi) is 3.30. The van der Waals surface area contributed by atoms with E-state index in [1.807, 2.05) is 13.0 Å². The van der Waals surface area contributed by atoms with Crippen LogP contribution in [0, 0.1) is 6.92 Å². The van der Waals surface area contributed by atoms with E-state index in [0.717, 1.165) is 15.1 Å². The fraction of sp³-hybridized carbons (Fsp3) is 0.231. The lowest BCUT2D eigenvalue weighted by Crippen LogP contribution is -2.18. The number of rotatable bonds is 3. The van der Waals surface area contributed by atoms with Gasteiger partial charge in [-0.3, -0.25) is 4.79 Å². The number of carbonyl (C=O) groups excluding carboxylic acids is 1. The van der Waals surface area contributed by atoms with Crippen molar-refractivity contribution in [3.63, 3.8) is 0 Å². The zero-order valence-corrected chi connectivity index (χ0v) is 12.7. The van der Waals surface area contributed by atoms with Crippen molar-refractivity contribution < 1.29 is 4.79 Å². The molecular formula is C13H14N6OS. The van der Waals surface area contributed by atoms with E-state index in [4.69, 9.17) is 0 Å². The summed E-state index contributed by atoms with van der Waals surface area (Å²) in [6.45, 7) is 2.02. The van der Waals surface area contributed by atoms with Crippen LogP contribution in [-0.4, -0.2) is 39.8 Å². The molecule has 0 unspecified atom stereocenters. The molecule has 3 heterocycles. The van der Waals surface area contributed by atoms with Gasteiger partial charge in [-0.15, -0.1) is 11.3 Å². The summed E-state index contributed by atoms with van der Waals surface area (Å²) in [6, 6.07) is 3.68. The van der Waals surface area contributed by atoms with Crippen LogP contribution in [0.5, 0.6) is 0 Å². The average Bonchev–Trinajstić information content (AvgIpc) is 3.10. The summed E-state index contributed by atoms with van der Waals surface area (Å²) in [6.07, 6.45) is 1.72. The number of nitrogens with zero attached hydrogens (tertiary/aromatic N) is 4. The van der Waals surface area contributed by atoms with Crippen LogP contribution in [0.2, 0.25) is 0 Å². The molecule has 0 saturated carbocycles. The number of fused-ring (bicyclic) bond motifs is 1. The Morgan fingerprint density at radius 1 is 1.33 bits per heavy atom. The first-order chi connectivity index (χ1) is 10.1. The van der Waals surface area contributed by atoms with Crippen molar-refractivity contribution in [2.24, 2.45) is 0 Å². The molecule has 7 nitrogen and oxygen atoms in total. The van der Waals surface area contributed by atoms with Gasteiger partial charge in [0.15, 0.2) is 11.5 Å². The second kappa shape index (κ2) is 5.13. The molecule has 0 atom stereocenters. The summed E-state index contributed by atoms with van der Waals surface area (Å²) in [5.41, 5.74) is 0.349. The molecule has 3 aromatic rings. The molecule has 0 aliphatic heterocycles. The van der Waals surface area contributed by atoms with Gasteiger partial charge in [-0.2, -0.15) is 10.1 Å². The molecule has 0 aromatic carbocycles. The van der Waals surface area contributed by atoms with Gasteiger partial charge in [-0.1, -0.05) is 0 Å². The molecule has 0 saturated heterocycles. The van der Waals surface area contributed by atoms with Crippen LogP contribution in [-0.2, 0) is 0 Å². The van der Waals surface area contributed by atoms with E-state index in [0.29, 0.717) is 17.5 Å². The fourth-order valence-corrected chi connectivity index (χ4v) is 2.88. The predicted molar refractivity (Wildman–Crippen MR) is 82.2 cm³/mol. The summed E-state index contributed by atoms with van der Waals surface area (Å²) in [7, 11) is 3.34. The van der Waals surface area contributed by atoms with E-state index < -0.39 is 0 Å². The summed E-state index contributed by atoms with van der Waals surface area (Å²) in [5.74, 6) is 0.953. The highest BCUT2D eigenvalue weighted by atomic mass is 32.1. The third-order valence-electron chi connectivity index (χ3n) is 2.99. The lowest BCUT2D eigenvalue weighted by atomic mass is 10.3. The van der Waals surface area contributed by atoms with E-state index >= 15 is 0 Å². The monoisotopic (exact) mass is 302 g/mol. The normalized spacial score (nSPS) is 10.8. The molecule has 3 aromatic heterocycles. The van der Waals surface area contributed by atoms with Gasteiger partial charge >= 0.3 is 0 Å². The zero-order valence-electron chi connectivity index (χ0n) is 11.8. The number of hydrogen-bond donors (Lipinski definition) is 2. The van der Waals surface area contributed by atoms with Crippen molar-refractivity contribution in [3.05, 3.63) is 28.9 Å². The smallest absolute Gasteiger partial charge is 0.271 e. The number of aromatic nitrogens is 4. The first kappa shape index (κ1) is 13.5. The van der Waals surface area contributed by atoms with E-state index in [2.05, 4.69) is 25.7 Å². The highest BCUT2D eigenvalue weighted by Crippen LogP contribution is 2.28. The van der Waals surface area contributed by atoms with E-state index in [9.17, 15) is 4.79 Å². The molecule has 0 aliphatic carbocycles. The van der Waals surface area contributed by atoms with Gasteiger partial charge in [0, 0.05) is 25.2 Å². The molecule has 108 valence electrons. The molecular weight excluding hydrogens is 288 g/mol. The minimum absolute atomic E-state index is 0.227. The summed E-state index contributed by atoms with van der Waals surface area (Å²) >= 11 is 1.60. The number of carbonyl (C=O) groups is 1. The molecule has 0 fully saturated rings. The highest BCUT2D eigenvalue weighted by Gasteiger charge is 2.14. The Labute approximate surface area is 125 Å². The third kappa shape index (κ3) is 2.33. The zero-order chi connectivity index (χ0) is 15.0. The molecule has 21 heavy (non-hydrogen) atoms. The predicted octanol–water partition coefficient (Wildman–Crippen LogP) is 1.59. The molecule has 0 spiro atoms. The Hall–Kier alpha value is -2.48. The Morgan fingerprint density at radius 2 is 2.14 bits per heavy atom. The maximum absolute atomic E-state index is 11.6. The van der Waals surface area contributed by atoms with Crippen LogP contribution < -0.4 is 10.6 Å². The number of anilines is 1. The summed E-state index contributed by atoms with van der Waals surface area (Å²) in [5, 5.41) is 10.7. The molecule has 1 amide bonds. The molecule has 3 rings (SSSR count). The van der Waals surface area contributed by atoms with Crippen molar-refractivity contribution in [2.75, 3.05) is 19.4 Å². The largest absolute Gasteiger partial charge is 0.357 e. The Balaban J connectivity index is 2.18. The average molecular weight is 302 g/mol. The Bertz CT molecular complexity index is 821. The number of thiophene rings is 1. The van der Waals surface area contributed by atoms with Crippen LogP contribution in [0.15, 0.2) is 18.3 Å². The summed E-state index contributed by atoms with van der Waals surface area (Å²) < 4.78 is 1.60. The number of hydrogen-bond acceptors (Lipinski definition) is 6. The topological polar surface area (TPSA) is 84.7 Å². The highest BCUT2D eigenvalue weighted by molar-refractivity contribution is 7.18. The van der Waals surface area contributed by atoms with Gasteiger partial charge in [0.05, 0.1) is 5.39 Å². The first-order valence-corrected chi connectivity index (χ1v) is 7.18. The SMILES string of the molecule is CNC(=O)c1ccn(-c2nc(NC)nc3sc(C)cc23)n1. The quantitative estimate of drug-likeness (QED) is 0.767. The van der Waals surface area contributed by atoms with Crippen LogP contribution in [0.4, 0.5) is 5.95 Å². The van der Waals surface area contributed by atoms with Gasteiger partial charge in [-0.25, -0.2) is 9.67 Å². The molecule has 2 N–H and O–H groups in total. The number of nitrogens with one attached hydrogen (secondary N) is 2. The van der Waals surface area contributed by atoms with Crippen LogP contribution in [0.25, 0.3) is 16.0 Å². The molecule has 0 aliphatic rings. The van der Waals surface area contributed by atoms with Crippen LogP contribution in [0.1, 0.15) is 15.4 Å². The summed E-state index contributed by atoms with van der Waals surface area (Å²) in [4.78, 5) is 22.5. The lowest BCUT2D eigenvalue weighted by molar-refractivity contribution is 0.0957. The maximum Gasteiger partial charge on any atom is 0.271 e. The van der Waals surface area contributed by atoms with Gasteiger partial charge in [-0.05, 0) is 19.1 Å². The number of amides is 1. The van der Waals surface area contributed by atoms with Crippen molar-refractivity contribution in [3.8, 4) is 5.82 Å². The van der Waals surface area contributed by atoms with Crippen LogP contribution >= 0.6 is 11.3 Å². The minimum Gasteiger partial charge on any atom is -0.357 e. The first-order valence-electron chi connectivity index (χ1n) is 6.36. The number of aryl methyl sites for hydroxylation is 1. The van der Waals surface area contributed by atoms with Gasteiger partial charge in [0.1, 0.15) is 4.83 Å². The van der Waals surface area contributed by atoms with E-state index in [-0.39, 0.29) is 5.91 Å². The Morgan fingerprint density at radius 3 is 2.86 bits per heavy atom. The van der Waals surface area contributed by atoms with Crippen molar-refractivity contribution in [1.82, 2.24) is 25.1 Å². The van der Waals surface area contributed by atoms with Gasteiger partial charge < -0.3 is 10.6 Å². The minimum atomic E-state index is -0.227. The third-order valence-corrected chi connectivity index (χ3v) is 3.93. The second-order valence-electron chi connectivity index (χ2n) is 4.42.